The summed E-state index contributed by atoms with van der Waals surface area (Å²) in [5.74, 6) is 1.11. The van der Waals surface area contributed by atoms with Gasteiger partial charge in [-0.25, -0.2) is 0 Å². The van der Waals surface area contributed by atoms with Gasteiger partial charge < -0.3 is 10.2 Å². The van der Waals surface area contributed by atoms with Gasteiger partial charge in [0.15, 0.2) is 0 Å². The number of hydrogen-bond donors (Lipinski definition) is 1. The fourth-order valence-corrected chi connectivity index (χ4v) is 4.39. The highest BCUT2D eigenvalue weighted by Gasteiger charge is 2.26. The molecule has 23 heavy (non-hydrogen) atoms. The second-order valence-electron chi connectivity index (χ2n) is 6.45. The molecule has 5 heteroatoms. The van der Waals surface area contributed by atoms with Crippen molar-refractivity contribution in [2.24, 2.45) is 5.92 Å². The molecule has 1 saturated carbocycles. The molecule has 1 aliphatic carbocycles. The first-order valence-electron chi connectivity index (χ1n) is 8.48. The number of carbonyl (C=O) groups excluding carboxylic acids is 2. The van der Waals surface area contributed by atoms with Crippen molar-refractivity contribution in [3.05, 3.63) is 23.8 Å². The third-order valence-electron chi connectivity index (χ3n) is 4.91. The van der Waals surface area contributed by atoms with Crippen molar-refractivity contribution in [2.45, 2.75) is 50.5 Å². The van der Waals surface area contributed by atoms with Gasteiger partial charge in [0.2, 0.25) is 5.91 Å². The molecular weight excluding hydrogens is 308 g/mol. The van der Waals surface area contributed by atoms with E-state index >= 15 is 0 Å². The monoisotopic (exact) mass is 332 g/mol. The van der Waals surface area contributed by atoms with Crippen molar-refractivity contribution in [3.63, 3.8) is 0 Å². The van der Waals surface area contributed by atoms with Gasteiger partial charge in [0.1, 0.15) is 0 Å². The molecule has 0 aromatic heterocycles. The predicted octanol–water partition coefficient (Wildman–Crippen LogP) is 3.45. The van der Waals surface area contributed by atoms with E-state index in [4.69, 9.17) is 0 Å². The third-order valence-corrected chi connectivity index (χ3v) is 5.96. The normalized spacial score (nSPS) is 24.3. The summed E-state index contributed by atoms with van der Waals surface area (Å²) in [7, 11) is 0. The number of fused-ring (bicyclic) bond motifs is 1. The number of amides is 2. The Kier molecular flexibility index (Phi) is 4.95. The van der Waals surface area contributed by atoms with Gasteiger partial charge in [0.05, 0.1) is 11.4 Å². The summed E-state index contributed by atoms with van der Waals surface area (Å²) in [6.45, 7) is 4.82. The highest BCUT2D eigenvalue weighted by Crippen LogP contribution is 2.36. The van der Waals surface area contributed by atoms with E-state index in [1.807, 2.05) is 25.1 Å². The van der Waals surface area contributed by atoms with Gasteiger partial charge in [-0.05, 0) is 43.9 Å². The fraction of sp³-hybridized carbons (Fsp3) is 0.556. The quantitative estimate of drug-likeness (QED) is 0.922. The second kappa shape index (κ2) is 6.95. The molecule has 2 aliphatic rings. The number of anilines is 1. The van der Waals surface area contributed by atoms with Crippen molar-refractivity contribution in [1.82, 2.24) is 5.32 Å². The predicted molar refractivity (Wildman–Crippen MR) is 94.1 cm³/mol. The number of carbonyl (C=O) groups is 2. The van der Waals surface area contributed by atoms with Crippen LogP contribution < -0.4 is 10.2 Å². The molecule has 1 N–H and O–H groups in total. The lowest BCUT2D eigenvalue weighted by Crippen LogP contribution is -2.41. The summed E-state index contributed by atoms with van der Waals surface area (Å²) in [6, 6.07) is 5.98. The molecule has 1 aliphatic heterocycles. The Morgan fingerprint density at radius 2 is 2.13 bits per heavy atom. The molecule has 0 radical (unpaired) electrons. The standard InChI is InChI=1S/C18H24N2O2S/c1-3-20-15-10-13(8-9-16(15)23-11-17(20)21)18(22)19-14-7-5-4-6-12(14)2/h8-10,12,14H,3-7,11H2,1-2H3,(H,19,22). The summed E-state index contributed by atoms with van der Waals surface area (Å²) in [5, 5.41) is 3.19. The van der Waals surface area contributed by atoms with Crippen LogP contribution in [0.5, 0.6) is 0 Å². The summed E-state index contributed by atoms with van der Waals surface area (Å²) in [4.78, 5) is 27.5. The van der Waals surface area contributed by atoms with Crippen LogP contribution in [0, 0.1) is 5.92 Å². The van der Waals surface area contributed by atoms with E-state index in [2.05, 4.69) is 12.2 Å². The van der Waals surface area contributed by atoms with Crippen molar-refractivity contribution >= 4 is 29.3 Å². The number of rotatable bonds is 3. The van der Waals surface area contributed by atoms with Crippen LogP contribution in [0.25, 0.3) is 0 Å². The Morgan fingerprint density at radius 3 is 2.87 bits per heavy atom. The smallest absolute Gasteiger partial charge is 0.251 e. The van der Waals surface area contributed by atoms with Crippen molar-refractivity contribution in [1.29, 1.82) is 0 Å². The van der Waals surface area contributed by atoms with Crippen molar-refractivity contribution in [3.8, 4) is 0 Å². The number of thioether (sulfide) groups is 1. The molecule has 0 bridgehead atoms. The van der Waals surface area contributed by atoms with Gasteiger partial charge in [-0.15, -0.1) is 11.8 Å². The topological polar surface area (TPSA) is 49.4 Å². The third kappa shape index (κ3) is 3.39. The zero-order valence-electron chi connectivity index (χ0n) is 13.8. The minimum Gasteiger partial charge on any atom is -0.349 e. The van der Waals surface area contributed by atoms with Gasteiger partial charge in [0.25, 0.3) is 5.91 Å². The van der Waals surface area contributed by atoms with E-state index in [1.54, 1.807) is 16.7 Å². The second-order valence-corrected chi connectivity index (χ2v) is 7.47. The van der Waals surface area contributed by atoms with Gasteiger partial charge in [-0.1, -0.05) is 19.8 Å². The van der Waals surface area contributed by atoms with E-state index in [9.17, 15) is 9.59 Å². The summed E-state index contributed by atoms with van der Waals surface area (Å²) in [5.41, 5.74) is 1.52. The van der Waals surface area contributed by atoms with E-state index < -0.39 is 0 Å². The lowest BCUT2D eigenvalue weighted by atomic mass is 9.86. The Balaban J connectivity index is 1.79. The number of nitrogens with one attached hydrogen (secondary N) is 1. The maximum absolute atomic E-state index is 12.6. The maximum atomic E-state index is 12.6. The van der Waals surface area contributed by atoms with Gasteiger partial charge in [0, 0.05) is 23.0 Å². The van der Waals surface area contributed by atoms with Gasteiger partial charge in [-0.2, -0.15) is 0 Å². The number of hydrogen-bond acceptors (Lipinski definition) is 3. The van der Waals surface area contributed by atoms with Crippen LogP contribution in [0.2, 0.25) is 0 Å². The van der Waals surface area contributed by atoms with Crippen LogP contribution in [0.1, 0.15) is 49.9 Å². The Labute approximate surface area is 142 Å². The minimum atomic E-state index is -0.0226. The van der Waals surface area contributed by atoms with Gasteiger partial charge >= 0.3 is 0 Å². The molecule has 0 saturated heterocycles. The van der Waals surface area contributed by atoms with Crippen molar-refractivity contribution < 1.29 is 9.59 Å². The number of nitrogens with zero attached hydrogens (tertiary/aromatic N) is 1. The highest BCUT2D eigenvalue weighted by molar-refractivity contribution is 8.00. The summed E-state index contributed by atoms with van der Waals surface area (Å²) >= 11 is 1.55. The van der Waals surface area contributed by atoms with Crippen LogP contribution in [0.3, 0.4) is 0 Å². The first-order valence-corrected chi connectivity index (χ1v) is 9.46. The number of benzene rings is 1. The van der Waals surface area contributed by atoms with E-state index in [0.717, 1.165) is 17.0 Å². The first-order chi connectivity index (χ1) is 11.1. The maximum Gasteiger partial charge on any atom is 0.251 e. The largest absolute Gasteiger partial charge is 0.349 e. The van der Waals surface area contributed by atoms with Crippen molar-refractivity contribution in [2.75, 3.05) is 17.2 Å². The molecular formula is C18H24N2O2S. The molecule has 1 heterocycles. The summed E-state index contributed by atoms with van der Waals surface area (Å²) < 4.78 is 0. The van der Waals surface area contributed by atoms with Crippen LogP contribution >= 0.6 is 11.8 Å². The molecule has 1 aromatic rings. The molecule has 1 aromatic carbocycles. The van der Waals surface area contributed by atoms with Crippen LogP contribution in [0.4, 0.5) is 5.69 Å². The Hall–Kier alpha value is -1.49. The molecule has 0 spiro atoms. The molecule has 3 rings (SSSR count). The lowest BCUT2D eigenvalue weighted by Gasteiger charge is -2.30. The molecule has 2 unspecified atom stereocenters. The average molecular weight is 332 g/mol. The zero-order valence-corrected chi connectivity index (χ0v) is 14.6. The summed E-state index contributed by atoms with van der Waals surface area (Å²) in [6.07, 6.45) is 4.70. The Morgan fingerprint density at radius 1 is 1.35 bits per heavy atom. The van der Waals surface area contributed by atoms with Gasteiger partial charge in [-0.3, -0.25) is 9.59 Å². The fourth-order valence-electron chi connectivity index (χ4n) is 3.47. The molecule has 4 nitrogen and oxygen atoms in total. The van der Waals surface area contributed by atoms with Crippen LogP contribution in [0.15, 0.2) is 23.1 Å². The highest BCUT2D eigenvalue weighted by atomic mass is 32.2. The van der Waals surface area contributed by atoms with E-state index in [-0.39, 0.29) is 17.9 Å². The minimum absolute atomic E-state index is 0.0226. The average Bonchev–Trinajstić information content (AvgIpc) is 2.56. The molecule has 124 valence electrons. The first kappa shape index (κ1) is 16.4. The van der Waals surface area contributed by atoms with E-state index in [1.165, 1.54) is 19.3 Å². The SMILES string of the molecule is CCN1C(=O)CSc2ccc(C(=O)NC3CCCCC3C)cc21. The zero-order chi connectivity index (χ0) is 16.4. The molecule has 2 atom stereocenters. The lowest BCUT2D eigenvalue weighted by molar-refractivity contribution is -0.116. The Bertz CT molecular complexity index is 617. The van der Waals surface area contributed by atoms with Crippen LogP contribution in [-0.2, 0) is 4.79 Å². The molecule has 1 fully saturated rings. The van der Waals surface area contributed by atoms with Crippen LogP contribution in [-0.4, -0.2) is 30.2 Å². The molecule has 2 amide bonds. The van der Waals surface area contributed by atoms with E-state index in [0.29, 0.717) is 23.8 Å².